The Hall–Kier alpha value is -2.54. The topological polar surface area (TPSA) is 82.1 Å². The normalized spacial score (nSPS) is 11.9. The second kappa shape index (κ2) is 9.78. The van der Waals surface area contributed by atoms with E-state index in [2.05, 4.69) is 26.1 Å². The van der Waals surface area contributed by atoms with Crippen molar-refractivity contribution >= 4 is 40.7 Å². The standard InChI is InChI=1S/C21H23Cl2N5O/c1-13(2)19(12-29)25-21-24-18(14-6-4-3-5-7-14)11-20(26-21)28-27-17-9-8-15(22)10-16(17)23/h3-11,13,19,27,29H,12H2,1-2H3,(H2,24,25,26,28)/t19-/m1/s1. The van der Waals surface area contributed by atoms with Crippen LogP contribution in [-0.2, 0) is 0 Å². The molecule has 0 saturated carbocycles. The number of nitrogens with one attached hydrogen (secondary N) is 3. The van der Waals surface area contributed by atoms with Gasteiger partial charge in [0.1, 0.15) is 0 Å². The Morgan fingerprint density at radius 2 is 1.72 bits per heavy atom. The van der Waals surface area contributed by atoms with Crippen LogP contribution in [0, 0.1) is 5.92 Å². The van der Waals surface area contributed by atoms with E-state index >= 15 is 0 Å². The number of benzene rings is 2. The summed E-state index contributed by atoms with van der Waals surface area (Å²) in [7, 11) is 0. The van der Waals surface area contributed by atoms with Crippen molar-refractivity contribution in [3.63, 3.8) is 0 Å². The summed E-state index contributed by atoms with van der Waals surface area (Å²) < 4.78 is 0. The zero-order valence-corrected chi connectivity index (χ0v) is 17.7. The third-order valence-electron chi connectivity index (χ3n) is 4.37. The number of hydrazine groups is 1. The number of nitrogens with zero attached hydrogens (tertiary/aromatic N) is 2. The van der Waals surface area contributed by atoms with E-state index in [1.54, 1.807) is 18.2 Å². The molecule has 1 aromatic heterocycles. The van der Waals surface area contributed by atoms with Gasteiger partial charge in [-0.25, -0.2) is 4.98 Å². The maximum Gasteiger partial charge on any atom is 0.225 e. The minimum absolute atomic E-state index is 0.0159. The Morgan fingerprint density at radius 1 is 0.966 bits per heavy atom. The first-order chi connectivity index (χ1) is 14.0. The molecule has 0 radical (unpaired) electrons. The van der Waals surface area contributed by atoms with Crippen LogP contribution in [0.1, 0.15) is 13.8 Å². The SMILES string of the molecule is CC(C)[C@@H](CO)Nc1nc(NNc2ccc(Cl)cc2Cl)cc(-c2ccccc2)n1. The molecule has 0 bridgehead atoms. The number of aliphatic hydroxyl groups excluding tert-OH is 1. The van der Waals surface area contributed by atoms with Crippen molar-refractivity contribution < 1.29 is 5.11 Å². The first-order valence-electron chi connectivity index (χ1n) is 9.25. The van der Waals surface area contributed by atoms with Gasteiger partial charge < -0.3 is 10.4 Å². The average Bonchev–Trinajstić information content (AvgIpc) is 2.71. The molecule has 4 N–H and O–H groups in total. The summed E-state index contributed by atoms with van der Waals surface area (Å²) in [5.41, 5.74) is 8.47. The van der Waals surface area contributed by atoms with E-state index in [-0.39, 0.29) is 18.6 Å². The number of aliphatic hydroxyl groups is 1. The van der Waals surface area contributed by atoms with Crippen LogP contribution in [-0.4, -0.2) is 27.7 Å². The van der Waals surface area contributed by atoms with Gasteiger partial charge >= 0.3 is 0 Å². The monoisotopic (exact) mass is 431 g/mol. The smallest absolute Gasteiger partial charge is 0.225 e. The molecule has 152 valence electrons. The molecule has 0 aliphatic carbocycles. The third-order valence-corrected chi connectivity index (χ3v) is 4.92. The summed E-state index contributed by atoms with van der Waals surface area (Å²) in [5, 5.41) is 13.9. The van der Waals surface area contributed by atoms with Crippen molar-refractivity contribution in [2.24, 2.45) is 5.92 Å². The largest absolute Gasteiger partial charge is 0.394 e. The number of rotatable bonds is 8. The highest BCUT2D eigenvalue weighted by Gasteiger charge is 2.15. The van der Waals surface area contributed by atoms with E-state index in [1.807, 2.05) is 50.2 Å². The number of hydrogen-bond acceptors (Lipinski definition) is 6. The van der Waals surface area contributed by atoms with Crippen molar-refractivity contribution in [1.82, 2.24) is 9.97 Å². The highest BCUT2D eigenvalue weighted by Crippen LogP contribution is 2.26. The summed E-state index contributed by atoms with van der Waals surface area (Å²) in [5.74, 6) is 1.19. The third kappa shape index (κ3) is 5.73. The van der Waals surface area contributed by atoms with E-state index in [0.29, 0.717) is 27.5 Å². The molecule has 6 nitrogen and oxygen atoms in total. The Labute approximate surface area is 180 Å². The van der Waals surface area contributed by atoms with Crippen LogP contribution in [0.25, 0.3) is 11.3 Å². The lowest BCUT2D eigenvalue weighted by molar-refractivity contribution is 0.248. The summed E-state index contributed by atoms with van der Waals surface area (Å²) >= 11 is 12.2. The number of aromatic nitrogens is 2. The van der Waals surface area contributed by atoms with Gasteiger partial charge in [-0.2, -0.15) is 4.98 Å². The van der Waals surface area contributed by atoms with Gasteiger partial charge in [-0.15, -0.1) is 0 Å². The van der Waals surface area contributed by atoms with E-state index in [4.69, 9.17) is 23.2 Å². The average molecular weight is 432 g/mol. The molecule has 0 unspecified atom stereocenters. The number of anilines is 3. The Balaban J connectivity index is 1.89. The Bertz CT molecular complexity index is 953. The maximum absolute atomic E-state index is 9.65. The van der Waals surface area contributed by atoms with Gasteiger partial charge in [-0.3, -0.25) is 10.9 Å². The highest BCUT2D eigenvalue weighted by molar-refractivity contribution is 6.36. The minimum atomic E-state index is -0.160. The molecule has 0 saturated heterocycles. The first-order valence-corrected chi connectivity index (χ1v) is 10.0. The van der Waals surface area contributed by atoms with Crippen molar-refractivity contribution in [3.8, 4) is 11.3 Å². The van der Waals surface area contributed by atoms with Crippen molar-refractivity contribution in [1.29, 1.82) is 0 Å². The summed E-state index contributed by atoms with van der Waals surface area (Å²) in [6.07, 6.45) is 0. The fraction of sp³-hybridized carbons (Fsp3) is 0.238. The molecule has 0 spiro atoms. The first kappa shape index (κ1) is 21.2. The second-order valence-corrected chi connectivity index (χ2v) is 7.72. The molecular weight excluding hydrogens is 409 g/mol. The van der Waals surface area contributed by atoms with Crippen LogP contribution in [0.4, 0.5) is 17.5 Å². The summed E-state index contributed by atoms with van der Waals surface area (Å²) in [6, 6.07) is 16.7. The predicted molar refractivity (Wildman–Crippen MR) is 121 cm³/mol. The quantitative estimate of drug-likeness (QED) is 0.361. The number of hydrogen-bond donors (Lipinski definition) is 4. The van der Waals surface area contributed by atoms with Crippen molar-refractivity contribution in [2.75, 3.05) is 22.8 Å². The molecule has 0 aliphatic heterocycles. The molecule has 3 rings (SSSR count). The van der Waals surface area contributed by atoms with Crippen LogP contribution < -0.4 is 16.2 Å². The lowest BCUT2D eigenvalue weighted by Crippen LogP contribution is -2.30. The van der Waals surface area contributed by atoms with E-state index in [9.17, 15) is 5.11 Å². The molecule has 1 atom stereocenters. The van der Waals surface area contributed by atoms with Crippen LogP contribution in [0.5, 0.6) is 0 Å². The molecular formula is C21H23Cl2N5O. The maximum atomic E-state index is 9.65. The molecule has 29 heavy (non-hydrogen) atoms. The lowest BCUT2D eigenvalue weighted by Gasteiger charge is -2.21. The van der Waals surface area contributed by atoms with Gasteiger partial charge in [0.2, 0.25) is 5.95 Å². The van der Waals surface area contributed by atoms with Crippen LogP contribution >= 0.6 is 23.2 Å². The van der Waals surface area contributed by atoms with Gasteiger partial charge in [0.25, 0.3) is 0 Å². The van der Waals surface area contributed by atoms with Crippen molar-refractivity contribution in [3.05, 3.63) is 64.6 Å². The van der Waals surface area contributed by atoms with Gasteiger partial charge in [0, 0.05) is 16.7 Å². The summed E-state index contributed by atoms with van der Waals surface area (Å²) in [4.78, 5) is 9.13. The van der Waals surface area contributed by atoms with Gasteiger partial charge in [0.05, 0.1) is 29.1 Å². The molecule has 0 aliphatic rings. The van der Waals surface area contributed by atoms with Crippen molar-refractivity contribution in [2.45, 2.75) is 19.9 Å². The molecule has 2 aromatic carbocycles. The van der Waals surface area contributed by atoms with Crippen LogP contribution in [0.15, 0.2) is 54.6 Å². The zero-order chi connectivity index (χ0) is 20.8. The lowest BCUT2D eigenvalue weighted by atomic mass is 10.1. The molecule has 1 heterocycles. The molecule has 3 aromatic rings. The Kier molecular flexibility index (Phi) is 7.14. The minimum Gasteiger partial charge on any atom is -0.394 e. The molecule has 0 amide bonds. The summed E-state index contributed by atoms with van der Waals surface area (Å²) in [6.45, 7) is 4.04. The zero-order valence-electron chi connectivity index (χ0n) is 16.2. The van der Waals surface area contributed by atoms with E-state index in [1.165, 1.54) is 0 Å². The second-order valence-electron chi connectivity index (χ2n) is 6.88. The molecule has 0 fully saturated rings. The van der Waals surface area contributed by atoms with Gasteiger partial charge in [-0.1, -0.05) is 67.4 Å². The fourth-order valence-electron chi connectivity index (χ4n) is 2.64. The Morgan fingerprint density at radius 3 is 2.38 bits per heavy atom. The van der Waals surface area contributed by atoms with E-state index < -0.39 is 0 Å². The van der Waals surface area contributed by atoms with Crippen LogP contribution in [0.3, 0.4) is 0 Å². The van der Waals surface area contributed by atoms with Gasteiger partial charge in [0.15, 0.2) is 5.82 Å². The highest BCUT2D eigenvalue weighted by atomic mass is 35.5. The number of halogens is 2. The molecule has 8 heteroatoms. The van der Waals surface area contributed by atoms with Crippen LogP contribution in [0.2, 0.25) is 10.0 Å². The van der Waals surface area contributed by atoms with E-state index in [0.717, 1.165) is 11.3 Å². The fourth-order valence-corrected chi connectivity index (χ4v) is 3.10. The van der Waals surface area contributed by atoms with Gasteiger partial charge in [-0.05, 0) is 24.1 Å². The predicted octanol–water partition coefficient (Wildman–Crippen LogP) is 5.32.